The first-order valence-corrected chi connectivity index (χ1v) is 10.1. The summed E-state index contributed by atoms with van der Waals surface area (Å²) >= 11 is 1.78. The lowest BCUT2D eigenvalue weighted by molar-refractivity contribution is -0.114. The van der Waals surface area contributed by atoms with Gasteiger partial charge in [-0.2, -0.15) is 8.42 Å². The number of amides is 1. The molecule has 0 spiro atoms. The van der Waals surface area contributed by atoms with E-state index in [1.165, 1.54) is 43.3 Å². The zero-order chi connectivity index (χ0) is 20.2. The second-order valence-corrected chi connectivity index (χ2v) is 7.98. The number of ether oxygens (including phenoxy) is 1. The fourth-order valence-electron chi connectivity index (χ4n) is 2.10. The van der Waals surface area contributed by atoms with Gasteiger partial charge in [-0.05, 0) is 65.9 Å². The summed E-state index contributed by atoms with van der Waals surface area (Å²) in [5.74, 6) is -1.53. The van der Waals surface area contributed by atoms with E-state index in [1.807, 2.05) is 0 Å². The van der Waals surface area contributed by atoms with Crippen molar-refractivity contribution in [3.8, 4) is 11.5 Å². The first-order valence-electron chi connectivity index (χ1n) is 7.66. The average Bonchev–Trinajstić information content (AvgIpc) is 2.57. The lowest BCUT2D eigenvalue weighted by atomic mass is 10.2. The molecule has 0 unspecified atom stereocenters. The number of rotatable bonds is 7. The van der Waals surface area contributed by atoms with Crippen LogP contribution >= 0.6 is 22.6 Å². The van der Waals surface area contributed by atoms with Gasteiger partial charge in [0, 0.05) is 12.6 Å². The smallest absolute Gasteiger partial charge is 0.339 e. The monoisotopic (exact) mass is 505 g/mol. The van der Waals surface area contributed by atoms with Crippen LogP contribution in [0.25, 0.3) is 0 Å². The molecule has 2 rings (SSSR count). The van der Waals surface area contributed by atoms with E-state index in [1.54, 1.807) is 29.5 Å². The van der Waals surface area contributed by atoms with Crippen molar-refractivity contribution < 1.29 is 32.0 Å². The molecule has 0 radical (unpaired) electrons. The maximum absolute atomic E-state index is 12.6. The summed E-state index contributed by atoms with van der Waals surface area (Å²) in [5.41, 5.74) is 0.393. The van der Waals surface area contributed by atoms with Crippen LogP contribution < -0.4 is 14.2 Å². The van der Waals surface area contributed by atoms with Crippen molar-refractivity contribution in [2.24, 2.45) is 0 Å². The van der Waals surface area contributed by atoms with Crippen molar-refractivity contribution in [2.75, 3.05) is 11.9 Å². The Balaban J connectivity index is 2.39. The van der Waals surface area contributed by atoms with E-state index in [0.29, 0.717) is 5.69 Å². The van der Waals surface area contributed by atoms with Crippen LogP contribution in [0.15, 0.2) is 41.3 Å². The number of carbonyl (C=O) groups excluding carboxylic acids is 1. The minimum atomic E-state index is -4.20. The molecule has 0 saturated heterocycles. The number of aromatic carboxylic acids is 1. The fourth-order valence-corrected chi connectivity index (χ4v) is 3.92. The van der Waals surface area contributed by atoms with Crippen molar-refractivity contribution in [1.29, 1.82) is 0 Å². The lowest BCUT2D eigenvalue weighted by Gasteiger charge is -2.14. The van der Waals surface area contributed by atoms with Crippen LogP contribution in [0.2, 0.25) is 0 Å². The average molecular weight is 505 g/mol. The molecule has 0 heterocycles. The van der Waals surface area contributed by atoms with Crippen molar-refractivity contribution in [3.63, 3.8) is 0 Å². The normalized spacial score (nSPS) is 10.9. The molecule has 0 aliphatic carbocycles. The van der Waals surface area contributed by atoms with Crippen LogP contribution in [0.4, 0.5) is 5.69 Å². The summed E-state index contributed by atoms with van der Waals surface area (Å²) in [6.07, 6.45) is 0. The zero-order valence-electron chi connectivity index (χ0n) is 14.4. The third-order valence-corrected chi connectivity index (χ3v) is 5.25. The van der Waals surface area contributed by atoms with E-state index < -0.39 is 16.1 Å². The van der Waals surface area contributed by atoms with E-state index in [2.05, 4.69) is 5.32 Å². The number of hydrogen-bond acceptors (Lipinski definition) is 6. The van der Waals surface area contributed by atoms with Crippen molar-refractivity contribution >= 4 is 50.3 Å². The molecule has 8 nitrogen and oxygen atoms in total. The standard InChI is InChI=1S/C17H16INO7S/c1-3-25-15-9-11(17(21)22)8-14(18)16(15)26-27(23,24)13-6-4-12(5-7-13)19-10(2)20/h4-9H,3H2,1-2H3,(H,19,20)(H,21,22). The molecule has 0 aromatic heterocycles. The molecule has 0 atom stereocenters. The highest BCUT2D eigenvalue weighted by Gasteiger charge is 2.23. The van der Waals surface area contributed by atoms with Gasteiger partial charge >= 0.3 is 16.1 Å². The number of carbonyl (C=O) groups is 2. The summed E-state index contributed by atoms with van der Waals surface area (Å²) in [4.78, 5) is 22.1. The molecule has 0 aliphatic rings. The molecule has 0 fully saturated rings. The SMILES string of the molecule is CCOc1cc(C(=O)O)cc(I)c1OS(=O)(=O)c1ccc(NC(C)=O)cc1. The molecular weight excluding hydrogens is 489 g/mol. The summed E-state index contributed by atoms with van der Waals surface area (Å²) in [7, 11) is -4.20. The van der Waals surface area contributed by atoms with Gasteiger partial charge in [0.2, 0.25) is 5.91 Å². The molecule has 27 heavy (non-hydrogen) atoms. The third kappa shape index (κ3) is 5.32. The molecule has 144 valence electrons. The molecule has 1 amide bonds. The minimum absolute atomic E-state index is 0.0141. The van der Waals surface area contributed by atoms with E-state index in [9.17, 15) is 18.0 Å². The van der Waals surface area contributed by atoms with Gasteiger partial charge in [0.25, 0.3) is 0 Å². The van der Waals surface area contributed by atoms with E-state index in [0.717, 1.165) is 0 Å². The number of hydrogen-bond donors (Lipinski definition) is 2. The van der Waals surface area contributed by atoms with Crippen LogP contribution in [0.3, 0.4) is 0 Å². The van der Waals surface area contributed by atoms with Gasteiger partial charge in [-0.3, -0.25) is 4.79 Å². The van der Waals surface area contributed by atoms with Crippen molar-refractivity contribution in [1.82, 2.24) is 0 Å². The van der Waals surface area contributed by atoms with Crippen molar-refractivity contribution in [2.45, 2.75) is 18.7 Å². The lowest BCUT2D eigenvalue weighted by Crippen LogP contribution is -2.13. The molecule has 0 saturated carbocycles. The van der Waals surface area contributed by atoms with Crippen LogP contribution in [0.5, 0.6) is 11.5 Å². The molecule has 10 heteroatoms. The second-order valence-electron chi connectivity index (χ2n) is 5.27. The number of benzene rings is 2. The third-order valence-electron chi connectivity index (χ3n) is 3.21. The van der Waals surface area contributed by atoms with Gasteiger partial charge in [-0.1, -0.05) is 0 Å². The minimum Gasteiger partial charge on any atom is -0.490 e. The van der Waals surface area contributed by atoms with E-state index in [4.69, 9.17) is 14.0 Å². The van der Waals surface area contributed by atoms with Gasteiger partial charge in [-0.25, -0.2) is 4.79 Å². The molecule has 0 bridgehead atoms. The highest BCUT2D eigenvalue weighted by atomic mass is 127. The molecule has 0 aliphatic heterocycles. The number of halogens is 1. The van der Waals surface area contributed by atoms with Crippen LogP contribution in [-0.4, -0.2) is 32.0 Å². The summed E-state index contributed by atoms with van der Waals surface area (Å²) in [6.45, 7) is 3.21. The van der Waals surface area contributed by atoms with Crippen LogP contribution in [0, 0.1) is 3.57 Å². The number of carboxylic acids is 1. The number of anilines is 1. The Morgan fingerprint density at radius 2 is 1.81 bits per heavy atom. The zero-order valence-corrected chi connectivity index (χ0v) is 17.3. The Morgan fingerprint density at radius 1 is 1.19 bits per heavy atom. The molecule has 2 aromatic carbocycles. The number of carboxylic acid groups (broad SMARTS) is 1. The maximum Gasteiger partial charge on any atom is 0.339 e. The fraction of sp³-hybridized carbons (Fsp3) is 0.176. The largest absolute Gasteiger partial charge is 0.490 e. The molecule has 2 N–H and O–H groups in total. The van der Waals surface area contributed by atoms with Gasteiger partial charge in [0.05, 0.1) is 15.7 Å². The van der Waals surface area contributed by atoms with Gasteiger partial charge < -0.3 is 19.3 Å². The van der Waals surface area contributed by atoms with E-state index in [-0.39, 0.29) is 38.0 Å². The topological polar surface area (TPSA) is 119 Å². The Morgan fingerprint density at radius 3 is 2.33 bits per heavy atom. The summed E-state index contributed by atoms with van der Waals surface area (Å²) < 4.78 is 36.0. The first-order chi connectivity index (χ1) is 12.6. The molecular formula is C17H16INO7S. The van der Waals surface area contributed by atoms with Gasteiger partial charge in [0.1, 0.15) is 4.90 Å². The number of nitrogens with one attached hydrogen (secondary N) is 1. The van der Waals surface area contributed by atoms with Gasteiger partial charge in [0.15, 0.2) is 11.5 Å². The predicted octanol–water partition coefficient (Wildman–Crippen LogP) is 3.11. The van der Waals surface area contributed by atoms with Gasteiger partial charge in [-0.15, -0.1) is 0 Å². The predicted molar refractivity (Wildman–Crippen MR) is 106 cm³/mol. The van der Waals surface area contributed by atoms with E-state index >= 15 is 0 Å². The Hall–Kier alpha value is -2.34. The molecule has 2 aromatic rings. The highest BCUT2D eigenvalue weighted by Crippen LogP contribution is 2.36. The first kappa shape index (κ1) is 21.0. The Kier molecular flexibility index (Phi) is 6.65. The second kappa shape index (κ2) is 8.57. The highest BCUT2D eigenvalue weighted by molar-refractivity contribution is 14.1. The van der Waals surface area contributed by atoms with Crippen LogP contribution in [-0.2, 0) is 14.9 Å². The maximum atomic E-state index is 12.6. The van der Waals surface area contributed by atoms with Crippen molar-refractivity contribution in [3.05, 3.63) is 45.5 Å². The van der Waals surface area contributed by atoms with Crippen LogP contribution in [0.1, 0.15) is 24.2 Å². The summed E-state index contributed by atoms with van der Waals surface area (Å²) in [5, 5.41) is 11.7. The Labute approximate surface area is 169 Å². The Bertz CT molecular complexity index is 972. The quantitative estimate of drug-likeness (QED) is 0.439. The summed E-state index contributed by atoms with van der Waals surface area (Å²) in [6, 6.07) is 7.94.